The number of benzene rings is 1. The molecule has 0 unspecified atom stereocenters. The lowest BCUT2D eigenvalue weighted by Crippen LogP contribution is -1.89. The summed E-state index contributed by atoms with van der Waals surface area (Å²) in [7, 11) is 0. The molecule has 0 spiro atoms. The Hall–Kier alpha value is -1.50. The van der Waals surface area contributed by atoms with Crippen molar-refractivity contribution >= 4 is 16.5 Å². The summed E-state index contributed by atoms with van der Waals surface area (Å²) in [5.74, 6) is 0.495. The van der Waals surface area contributed by atoms with Gasteiger partial charge in [0, 0.05) is 22.7 Å². The van der Waals surface area contributed by atoms with Gasteiger partial charge in [-0.15, -0.1) is 0 Å². The molecule has 0 aliphatic heterocycles. The fourth-order valence-corrected chi connectivity index (χ4v) is 1.65. The van der Waals surface area contributed by atoms with Crippen LogP contribution in [0.3, 0.4) is 0 Å². The number of hydrogen-bond donors (Lipinski definition) is 1. The minimum absolute atomic E-state index is 0.495. The van der Waals surface area contributed by atoms with E-state index >= 15 is 0 Å². The molecule has 0 atom stereocenters. The minimum Gasteiger partial charge on any atom is -0.361 e. The monoisotopic (exact) mass is 185 g/mol. The van der Waals surface area contributed by atoms with Gasteiger partial charge in [0.2, 0.25) is 0 Å². The van der Waals surface area contributed by atoms with E-state index in [0.717, 1.165) is 0 Å². The smallest absolute Gasteiger partial charge is 0.0460 e. The van der Waals surface area contributed by atoms with Crippen molar-refractivity contribution in [1.82, 2.24) is 4.98 Å². The zero-order valence-corrected chi connectivity index (χ0v) is 8.67. The molecule has 72 valence electrons. The van der Waals surface area contributed by atoms with E-state index in [2.05, 4.69) is 43.6 Å². The summed E-state index contributed by atoms with van der Waals surface area (Å²) in [6, 6.07) is 8.33. The highest BCUT2D eigenvalue weighted by Gasteiger charge is 2.08. The van der Waals surface area contributed by atoms with E-state index in [9.17, 15) is 0 Å². The largest absolute Gasteiger partial charge is 0.361 e. The molecule has 2 aromatic rings. The van der Waals surface area contributed by atoms with Gasteiger partial charge in [-0.1, -0.05) is 38.6 Å². The Kier molecular flexibility index (Phi) is 2.16. The second kappa shape index (κ2) is 3.33. The molecule has 1 heterocycles. The summed E-state index contributed by atoms with van der Waals surface area (Å²) in [5, 5.41) is 1.27. The van der Waals surface area contributed by atoms with Crippen LogP contribution in [0.4, 0.5) is 0 Å². The van der Waals surface area contributed by atoms with Crippen LogP contribution >= 0.6 is 0 Å². The second-order valence-electron chi connectivity index (χ2n) is 3.93. The highest BCUT2D eigenvalue weighted by molar-refractivity contribution is 5.92. The topological polar surface area (TPSA) is 15.8 Å². The number of aromatic amines is 1. The van der Waals surface area contributed by atoms with Crippen molar-refractivity contribution in [3.8, 4) is 0 Å². The van der Waals surface area contributed by atoms with Gasteiger partial charge < -0.3 is 4.98 Å². The van der Waals surface area contributed by atoms with Gasteiger partial charge in [-0.3, -0.25) is 0 Å². The van der Waals surface area contributed by atoms with Gasteiger partial charge in [-0.05, 0) is 17.6 Å². The molecule has 0 aliphatic rings. The predicted molar refractivity (Wildman–Crippen MR) is 62.2 cm³/mol. The van der Waals surface area contributed by atoms with E-state index in [1.807, 2.05) is 12.3 Å². The molecule has 0 amide bonds. The predicted octanol–water partition coefficient (Wildman–Crippen LogP) is 3.84. The first-order valence-corrected chi connectivity index (χ1v) is 4.95. The van der Waals surface area contributed by atoms with Gasteiger partial charge in [0.15, 0.2) is 0 Å². The summed E-state index contributed by atoms with van der Waals surface area (Å²) in [5.41, 5.74) is 3.63. The van der Waals surface area contributed by atoms with Gasteiger partial charge in [0.25, 0.3) is 0 Å². The molecule has 0 saturated carbocycles. The first-order valence-electron chi connectivity index (χ1n) is 4.95. The number of rotatable bonds is 2. The molecule has 0 saturated heterocycles. The summed E-state index contributed by atoms with van der Waals surface area (Å²) < 4.78 is 0. The number of fused-ring (bicyclic) bond motifs is 1. The van der Waals surface area contributed by atoms with Crippen molar-refractivity contribution in [2.75, 3.05) is 0 Å². The maximum atomic E-state index is 4.13. The van der Waals surface area contributed by atoms with Crippen molar-refractivity contribution in [2.24, 2.45) is 5.92 Å². The zero-order chi connectivity index (χ0) is 10.1. The molecule has 2 rings (SSSR count). The average molecular weight is 185 g/mol. The first-order chi connectivity index (χ1) is 6.70. The molecule has 0 radical (unpaired) electrons. The number of para-hydroxylation sites is 1. The Morgan fingerprint density at radius 2 is 2.00 bits per heavy atom. The van der Waals surface area contributed by atoms with Crippen molar-refractivity contribution in [2.45, 2.75) is 13.8 Å². The molecule has 0 fully saturated rings. The lowest BCUT2D eigenvalue weighted by Gasteiger charge is -2.07. The van der Waals surface area contributed by atoms with Gasteiger partial charge in [-0.2, -0.15) is 0 Å². The summed E-state index contributed by atoms with van der Waals surface area (Å²) in [6.45, 7) is 8.47. The maximum Gasteiger partial charge on any atom is 0.0460 e. The van der Waals surface area contributed by atoms with Crippen LogP contribution in [0.5, 0.6) is 0 Å². The maximum absolute atomic E-state index is 4.13. The van der Waals surface area contributed by atoms with Crippen molar-refractivity contribution in [3.63, 3.8) is 0 Å². The second-order valence-corrected chi connectivity index (χ2v) is 3.93. The van der Waals surface area contributed by atoms with Crippen LogP contribution in [0.25, 0.3) is 16.5 Å². The van der Waals surface area contributed by atoms with Crippen molar-refractivity contribution in [3.05, 3.63) is 42.6 Å². The van der Waals surface area contributed by atoms with E-state index < -0.39 is 0 Å². The number of aromatic nitrogens is 1. The molecule has 0 aliphatic carbocycles. The number of hydrogen-bond acceptors (Lipinski definition) is 0. The van der Waals surface area contributed by atoms with E-state index in [0.29, 0.717) is 5.92 Å². The molecule has 1 aromatic carbocycles. The Bertz CT molecular complexity index is 463. The molecule has 1 nitrogen and oxygen atoms in total. The van der Waals surface area contributed by atoms with Crippen LogP contribution in [-0.4, -0.2) is 4.98 Å². The molecule has 1 aromatic heterocycles. The quantitative estimate of drug-likeness (QED) is 0.731. The van der Waals surface area contributed by atoms with Crippen molar-refractivity contribution in [1.29, 1.82) is 0 Å². The third kappa shape index (κ3) is 1.35. The van der Waals surface area contributed by atoms with Crippen LogP contribution in [0.2, 0.25) is 0 Å². The minimum atomic E-state index is 0.495. The summed E-state index contributed by atoms with van der Waals surface area (Å²) in [6.07, 6.45) is 2.05. The van der Waals surface area contributed by atoms with Gasteiger partial charge in [0.05, 0.1) is 0 Å². The Morgan fingerprint density at radius 1 is 1.29 bits per heavy atom. The lowest BCUT2D eigenvalue weighted by molar-refractivity contribution is 0.859. The van der Waals surface area contributed by atoms with Gasteiger partial charge >= 0.3 is 0 Å². The third-order valence-corrected chi connectivity index (χ3v) is 2.63. The highest BCUT2D eigenvalue weighted by Crippen LogP contribution is 2.28. The van der Waals surface area contributed by atoms with Crippen LogP contribution in [0, 0.1) is 5.92 Å². The summed E-state index contributed by atoms with van der Waals surface area (Å²) >= 11 is 0. The Morgan fingerprint density at radius 3 is 2.71 bits per heavy atom. The molecular formula is C13H15N. The van der Waals surface area contributed by atoms with E-state index in [-0.39, 0.29) is 0 Å². The summed E-state index contributed by atoms with van der Waals surface area (Å²) in [4.78, 5) is 3.26. The molecule has 1 heteroatoms. The standard InChI is InChI=1S/C13H15N/c1-9(2)10(3)12-8-14-13-7-5-4-6-11(12)13/h4-9,14H,3H2,1-2H3. The van der Waals surface area contributed by atoms with Gasteiger partial charge in [-0.25, -0.2) is 0 Å². The van der Waals surface area contributed by atoms with Crippen LogP contribution < -0.4 is 0 Å². The normalized spacial score (nSPS) is 11.1. The van der Waals surface area contributed by atoms with Crippen LogP contribution in [0.15, 0.2) is 37.0 Å². The highest BCUT2D eigenvalue weighted by atomic mass is 14.7. The number of nitrogens with one attached hydrogen (secondary N) is 1. The molecular weight excluding hydrogens is 170 g/mol. The fraction of sp³-hybridized carbons (Fsp3) is 0.231. The van der Waals surface area contributed by atoms with Crippen molar-refractivity contribution < 1.29 is 0 Å². The van der Waals surface area contributed by atoms with E-state index in [1.54, 1.807) is 0 Å². The zero-order valence-electron chi connectivity index (χ0n) is 8.67. The van der Waals surface area contributed by atoms with Crippen LogP contribution in [-0.2, 0) is 0 Å². The molecule has 1 N–H and O–H groups in total. The molecule has 0 bridgehead atoms. The van der Waals surface area contributed by atoms with E-state index in [4.69, 9.17) is 0 Å². The molecule has 14 heavy (non-hydrogen) atoms. The van der Waals surface area contributed by atoms with Gasteiger partial charge in [0.1, 0.15) is 0 Å². The Labute approximate surface area is 84.5 Å². The fourth-order valence-electron chi connectivity index (χ4n) is 1.65. The number of H-pyrrole nitrogens is 1. The third-order valence-electron chi connectivity index (χ3n) is 2.63. The first kappa shape index (κ1) is 9.07. The SMILES string of the molecule is C=C(c1c[nH]c2ccccc12)C(C)C. The van der Waals surface area contributed by atoms with E-state index in [1.165, 1.54) is 22.0 Å². The lowest BCUT2D eigenvalue weighted by atomic mass is 9.97. The average Bonchev–Trinajstić information content (AvgIpc) is 2.60. The Balaban J connectivity index is 2.58. The number of allylic oxidation sites excluding steroid dienone is 1. The van der Waals surface area contributed by atoms with Crippen LogP contribution in [0.1, 0.15) is 19.4 Å².